The summed E-state index contributed by atoms with van der Waals surface area (Å²) in [6.07, 6.45) is 11.3. The molecule has 210 valence electrons. The zero-order valence-corrected chi connectivity index (χ0v) is 24.9. The normalized spacial score (nSPS) is 49.2. The van der Waals surface area contributed by atoms with Crippen LogP contribution in [0.4, 0.5) is 0 Å². The van der Waals surface area contributed by atoms with Gasteiger partial charge in [0.15, 0.2) is 0 Å². The molecule has 0 amide bonds. The van der Waals surface area contributed by atoms with Crippen molar-refractivity contribution < 1.29 is 14.6 Å². The van der Waals surface area contributed by atoms with Crippen LogP contribution < -0.4 is 0 Å². The average Bonchev–Trinajstić information content (AvgIpc) is 3.23. The molecule has 38 heavy (non-hydrogen) atoms. The van der Waals surface area contributed by atoms with Crippen LogP contribution in [-0.2, 0) is 16.1 Å². The van der Waals surface area contributed by atoms with Gasteiger partial charge in [-0.05, 0) is 121 Å². The molecule has 1 aromatic rings. The van der Waals surface area contributed by atoms with E-state index >= 15 is 0 Å². The Morgan fingerprint density at radius 1 is 0.842 bits per heavy atom. The number of aliphatic hydroxyl groups is 1. The predicted octanol–water partition coefficient (Wildman–Crippen LogP) is 8.19. The number of carbonyl (C=O) groups is 1. The van der Waals surface area contributed by atoms with Crippen LogP contribution in [0.2, 0.25) is 0 Å². The van der Waals surface area contributed by atoms with E-state index in [0.29, 0.717) is 47.0 Å². The maximum Gasteiger partial charge on any atom is 0.312 e. The molecule has 0 aromatic heterocycles. The van der Waals surface area contributed by atoms with E-state index in [1.807, 2.05) is 18.2 Å². The van der Waals surface area contributed by atoms with Gasteiger partial charge in [-0.15, -0.1) is 0 Å². The summed E-state index contributed by atoms with van der Waals surface area (Å²) in [6.45, 7) is 15.4. The fraction of sp³-hybridized carbons (Fsp3) is 0.800. The van der Waals surface area contributed by atoms with Gasteiger partial charge in [-0.2, -0.15) is 0 Å². The summed E-state index contributed by atoms with van der Waals surface area (Å²) in [4.78, 5) is 14.0. The van der Waals surface area contributed by atoms with Gasteiger partial charge in [0.05, 0.1) is 11.5 Å². The van der Waals surface area contributed by atoms with E-state index in [1.165, 1.54) is 32.1 Å². The van der Waals surface area contributed by atoms with Crippen molar-refractivity contribution in [3.63, 3.8) is 0 Å². The molecular weight excluding hydrogens is 468 g/mol. The number of esters is 1. The molecule has 10 atom stereocenters. The van der Waals surface area contributed by atoms with Gasteiger partial charge < -0.3 is 9.84 Å². The summed E-state index contributed by atoms with van der Waals surface area (Å²) in [5.41, 5.74) is 1.64. The number of carbonyl (C=O) groups excluding carboxylic acids is 1. The second-order valence-corrected chi connectivity index (χ2v) is 15.8. The minimum Gasteiger partial charge on any atom is -0.460 e. The van der Waals surface area contributed by atoms with Crippen LogP contribution in [0, 0.1) is 56.7 Å². The fourth-order valence-electron chi connectivity index (χ4n) is 12.1. The van der Waals surface area contributed by atoms with Crippen molar-refractivity contribution in [2.24, 2.45) is 56.7 Å². The molecule has 0 radical (unpaired) electrons. The molecule has 5 aliphatic carbocycles. The Morgan fingerprint density at radius 2 is 1.58 bits per heavy atom. The Balaban J connectivity index is 1.30. The fourth-order valence-corrected chi connectivity index (χ4v) is 12.1. The van der Waals surface area contributed by atoms with E-state index in [0.717, 1.165) is 37.7 Å². The third kappa shape index (κ3) is 3.45. The van der Waals surface area contributed by atoms with E-state index in [-0.39, 0.29) is 28.3 Å². The summed E-state index contributed by atoms with van der Waals surface area (Å²) < 4.78 is 6.12. The van der Waals surface area contributed by atoms with E-state index < -0.39 is 0 Å². The molecule has 6 rings (SSSR count). The van der Waals surface area contributed by atoms with Crippen molar-refractivity contribution in [3.05, 3.63) is 35.9 Å². The summed E-state index contributed by atoms with van der Waals surface area (Å²) in [6, 6.07) is 10.2. The maximum absolute atomic E-state index is 14.0. The van der Waals surface area contributed by atoms with Crippen LogP contribution in [0.15, 0.2) is 30.3 Å². The second kappa shape index (κ2) is 8.82. The van der Waals surface area contributed by atoms with Gasteiger partial charge in [-0.1, -0.05) is 71.9 Å². The predicted molar refractivity (Wildman–Crippen MR) is 152 cm³/mol. The van der Waals surface area contributed by atoms with Crippen LogP contribution in [0.5, 0.6) is 0 Å². The highest BCUT2D eigenvalue weighted by Gasteiger charge is 2.71. The molecule has 5 aliphatic rings. The van der Waals surface area contributed by atoms with Crippen molar-refractivity contribution in [2.75, 3.05) is 0 Å². The van der Waals surface area contributed by atoms with Gasteiger partial charge in [0.1, 0.15) is 6.61 Å². The SMILES string of the molecule is C[C@@H]1CC[C@]2(C(=O)OCc3ccccc3)CC[C@]3(C)[C@H](CC[C@@H]4[C@@]5(C)CC[C@H](O)C(C)(C)[C@@H]5CC[C@]43C)[C@@H]12. The molecule has 0 unspecified atom stereocenters. The molecule has 0 bridgehead atoms. The first-order chi connectivity index (χ1) is 17.9. The largest absolute Gasteiger partial charge is 0.460 e. The monoisotopic (exact) mass is 520 g/mol. The van der Waals surface area contributed by atoms with Crippen molar-refractivity contribution in [1.82, 2.24) is 0 Å². The van der Waals surface area contributed by atoms with E-state index in [4.69, 9.17) is 4.74 Å². The van der Waals surface area contributed by atoms with E-state index in [2.05, 4.69) is 53.7 Å². The topological polar surface area (TPSA) is 46.5 Å². The number of benzene rings is 1. The standard InChI is InChI=1S/C35H52O3/c1-23-14-19-35(30(37)38-22-24-10-8-7-9-11-24)21-20-33(5)25(29(23)35)12-13-27-32(4)17-16-28(36)31(2,3)26(32)15-18-34(27,33)6/h7-11,23,25-29,36H,12-22H2,1-6H3/t23-,25-,26+,27-,28+,29-,32+,33-,34-,35+/m1/s1. The third-order valence-electron chi connectivity index (χ3n) is 14.4. The van der Waals surface area contributed by atoms with E-state index in [1.54, 1.807) is 0 Å². The summed E-state index contributed by atoms with van der Waals surface area (Å²) >= 11 is 0. The highest BCUT2D eigenvalue weighted by Crippen LogP contribution is 2.77. The third-order valence-corrected chi connectivity index (χ3v) is 14.4. The van der Waals surface area contributed by atoms with Gasteiger partial charge in [0, 0.05) is 0 Å². The molecule has 0 spiro atoms. The van der Waals surface area contributed by atoms with Gasteiger partial charge in [0.25, 0.3) is 0 Å². The maximum atomic E-state index is 14.0. The van der Waals surface area contributed by atoms with Crippen LogP contribution in [-0.4, -0.2) is 17.2 Å². The van der Waals surface area contributed by atoms with Crippen LogP contribution in [0.25, 0.3) is 0 Å². The van der Waals surface area contributed by atoms with Crippen molar-refractivity contribution in [2.45, 2.75) is 118 Å². The smallest absolute Gasteiger partial charge is 0.312 e. The molecule has 3 nitrogen and oxygen atoms in total. The van der Waals surface area contributed by atoms with Crippen molar-refractivity contribution in [3.8, 4) is 0 Å². The van der Waals surface area contributed by atoms with Crippen molar-refractivity contribution >= 4 is 5.97 Å². The number of hydrogen-bond donors (Lipinski definition) is 1. The zero-order chi connectivity index (χ0) is 27.1. The lowest BCUT2D eigenvalue weighted by Gasteiger charge is -2.72. The number of hydrogen-bond acceptors (Lipinski definition) is 3. The van der Waals surface area contributed by atoms with Gasteiger partial charge in [0.2, 0.25) is 0 Å². The summed E-state index contributed by atoms with van der Waals surface area (Å²) in [5.74, 6) is 3.01. The summed E-state index contributed by atoms with van der Waals surface area (Å²) in [7, 11) is 0. The van der Waals surface area contributed by atoms with Crippen molar-refractivity contribution in [1.29, 1.82) is 0 Å². The van der Waals surface area contributed by atoms with Gasteiger partial charge in [-0.3, -0.25) is 4.79 Å². The zero-order valence-electron chi connectivity index (χ0n) is 24.9. The first kappa shape index (κ1) is 26.9. The quantitative estimate of drug-likeness (QED) is 0.409. The molecule has 0 aliphatic heterocycles. The molecule has 3 heteroatoms. The number of fused-ring (bicyclic) bond motifs is 7. The average molecular weight is 521 g/mol. The van der Waals surface area contributed by atoms with Crippen LogP contribution in [0.3, 0.4) is 0 Å². The first-order valence-electron chi connectivity index (χ1n) is 15.8. The Kier molecular flexibility index (Phi) is 6.23. The molecule has 1 aromatic carbocycles. The van der Waals surface area contributed by atoms with Gasteiger partial charge >= 0.3 is 5.97 Å². The lowest BCUT2D eigenvalue weighted by molar-refractivity contribution is -0.249. The number of ether oxygens (including phenoxy) is 1. The van der Waals surface area contributed by atoms with Crippen LogP contribution in [0.1, 0.15) is 111 Å². The Hall–Kier alpha value is -1.35. The molecule has 5 fully saturated rings. The Morgan fingerprint density at radius 3 is 2.32 bits per heavy atom. The number of rotatable bonds is 3. The second-order valence-electron chi connectivity index (χ2n) is 15.8. The molecular formula is C35H52O3. The highest BCUT2D eigenvalue weighted by molar-refractivity contribution is 5.78. The lowest BCUT2D eigenvalue weighted by Crippen LogP contribution is -2.67. The van der Waals surface area contributed by atoms with E-state index in [9.17, 15) is 9.90 Å². The molecule has 1 N–H and O–H groups in total. The van der Waals surface area contributed by atoms with Gasteiger partial charge in [-0.25, -0.2) is 0 Å². The molecule has 0 saturated heterocycles. The number of aliphatic hydroxyl groups excluding tert-OH is 1. The minimum atomic E-state index is -0.292. The van der Waals surface area contributed by atoms with Crippen LogP contribution >= 0.6 is 0 Å². The first-order valence-corrected chi connectivity index (χ1v) is 15.8. The summed E-state index contributed by atoms with van der Waals surface area (Å²) in [5, 5.41) is 11.0. The Bertz CT molecular complexity index is 1060. The highest BCUT2D eigenvalue weighted by atomic mass is 16.5. The molecule has 0 heterocycles. The molecule has 5 saturated carbocycles. The lowest BCUT2D eigenvalue weighted by atomic mass is 9.32. The minimum absolute atomic E-state index is 0.00369. The Labute approximate surface area is 231 Å².